The first kappa shape index (κ1) is 14.4. The van der Waals surface area contributed by atoms with Gasteiger partial charge >= 0.3 is 0 Å². The number of hydrogen-bond donors (Lipinski definition) is 0. The van der Waals surface area contributed by atoms with Crippen molar-refractivity contribution >= 4 is 17.5 Å². The smallest absolute Gasteiger partial charge is 0.254 e. The molecule has 7 heteroatoms. The molecule has 1 aliphatic heterocycles. The van der Waals surface area contributed by atoms with Crippen LogP contribution < -0.4 is 4.90 Å². The van der Waals surface area contributed by atoms with Crippen LogP contribution in [0.15, 0.2) is 12.4 Å². The zero-order chi connectivity index (χ0) is 15.8. The van der Waals surface area contributed by atoms with Gasteiger partial charge in [-0.25, -0.2) is 4.98 Å². The average molecular weight is 314 g/mol. The summed E-state index contributed by atoms with van der Waals surface area (Å²) >= 11 is 0. The van der Waals surface area contributed by atoms with Gasteiger partial charge < -0.3 is 9.80 Å². The van der Waals surface area contributed by atoms with E-state index in [1.165, 1.54) is 32.0 Å². The summed E-state index contributed by atoms with van der Waals surface area (Å²) in [6.45, 7) is 4.89. The van der Waals surface area contributed by atoms with Crippen molar-refractivity contribution in [3.8, 4) is 0 Å². The van der Waals surface area contributed by atoms with Crippen molar-refractivity contribution in [2.24, 2.45) is 5.92 Å². The molecule has 3 heterocycles. The Morgan fingerprint density at radius 2 is 2.09 bits per heavy atom. The van der Waals surface area contributed by atoms with Crippen LogP contribution in [0.4, 0.5) is 5.82 Å². The lowest BCUT2D eigenvalue weighted by Crippen LogP contribution is -2.52. The summed E-state index contributed by atoms with van der Waals surface area (Å²) < 4.78 is 1.72. The Morgan fingerprint density at radius 3 is 2.87 bits per heavy atom. The Balaban J connectivity index is 1.51. The second-order valence-electron chi connectivity index (χ2n) is 6.64. The number of nitrogens with zero attached hydrogens (tertiary/aromatic N) is 6. The zero-order valence-electron chi connectivity index (χ0n) is 13.5. The number of hydrogen-bond acceptors (Lipinski definition) is 5. The van der Waals surface area contributed by atoms with Crippen LogP contribution in [0.2, 0.25) is 0 Å². The topological polar surface area (TPSA) is 66.6 Å². The van der Waals surface area contributed by atoms with Gasteiger partial charge in [0.25, 0.3) is 5.78 Å². The monoisotopic (exact) mass is 314 g/mol. The van der Waals surface area contributed by atoms with Gasteiger partial charge in [0.2, 0.25) is 5.91 Å². The average Bonchev–Trinajstić information content (AvgIpc) is 3.19. The van der Waals surface area contributed by atoms with Crippen LogP contribution in [0.5, 0.6) is 0 Å². The minimum absolute atomic E-state index is 0.214. The molecule has 0 bridgehead atoms. The maximum atomic E-state index is 12.5. The number of carbonyl (C=O) groups excluding carboxylic acids is 1. The number of carbonyl (C=O) groups is 1. The lowest BCUT2D eigenvalue weighted by Gasteiger charge is -2.36. The van der Waals surface area contributed by atoms with E-state index in [9.17, 15) is 4.79 Å². The molecule has 122 valence electrons. The zero-order valence-corrected chi connectivity index (χ0v) is 13.5. The van der Waals surface area contributed by atoms with Gasteiger partial charge in [0.15, 0.2) is 0 Å². The van der Waals surface area contributed by atoms with Crippen molar-refractivity contribution in [2.45, 2.75) is 32.6 Å². The van der Waals surface area contributed by atoms with Crippen molar-refractivity contribution in [1.29, 1.82) is 0 Å². The first-order valence-electron chi connectivity index (χ1n) is 8.41. The molecule has 23 heavy (non-hydrogen) atoms. The summed E-state index contributed by atoms with van der Waals surface area (Å²) in [4.78, 5) is 25.2. The maximum absolute atomic E-state index is 12.5. The summed E-state index contributed by atoms with van der Waals surface area (Å²) in [5, 5.41) is 4.24. The molecular weight excluding hydrogens is 292 g/mol. The highest BCUT2D eigenvalue weighted by Gasteiger charge is 2.28. The van der Waals surface area contributed by atoms with Gasteiger partial charge in [-0.2, -0.15) is 14.6 Å². The Labute approximate surface area is 135 Å². The van der Waals surface area contributed by atoms with Crippen molar-refractivity contribution in [3.05, 3.63) is 18.1 Å². The first-order chi connectivity index (χ1) is 11.2. The molecule has 2 fully saturated rings. The van der Waals surface area contributed by atoms with Crippen molar-refractivity contribution in [1.82, 2.24) is 24.5 Å². The number of fused-ring (bicyclic) bond motifs is 1. The molecule has 1 saturated heterocycles. The van der Waals surface area contributed by atoms with Crippen LogP contribution in [0.3, 0.4) is 0 Å². The molecule has 1 aliphatic carbocycles. The summed E-state index contributed by atoms with van der Waals surface area (Å²) in [5.41, 5.74) is 0.890. The van der Waals surface area contributed by atoms with Crippen molar-refractivity contribution in [2.75, 3.05) is 31.1 Å². The largest absolute Gasteiger partial charge is 0.345 e. The molecule has 0 unspecified atom stereocenters. The molecule has 7 nitrogen and oxygen atoms in total. The second kappa shape index (κ2) is 5.79. The number of aryl methyl sites for hydroxylation is 1. The maximum Gasteiger partial charge on any atom is 0.254 e. The van der Waals surface area contributed by atoms with Crippen molar-refractivity contribution in [3.63, 3.8) is 0 Å². The number of amides is 1. The molecule has 2 aliphatic rings. The summed E-state index contributed by atoms with van der Waals surface area (Å²) in [6, 6.07) is 1.97. The molecule has 2 aromatic heterocycles. The lowest BCUT2D eigenvalue weighted by atomic mass is 10.1. The molecule has 0 N–H and O–H groups in total. The second-order valence-corrected chi connectivity index (χ2v) is 6.64. The third-order valence-corrected chi connectivity index (χ3v) is 4.96. The molecule has 0 atom stereocenters. The summed E-state index contributed by atoms with van der Waals surface area (Å²) in [6.07, 6.45) is 6.69. The normalized spacial score (nSPS) is 20.0. The van der Waals surface area contributed by atoms with E-state index in [1.54, 1.807) is 4.52 Å². The highest BCUT2D eigenvalue weighted by atomic mass is 16.2. The summed E-state index contributed by atoms with van der Waals surface area (Å²) in [5.74, 6) is 2.40. The van der Waals surface area contributed by atoms with Gasteiger partial charge in [0.05, 0.1) is 6.54 Å². The van der Waals surface area contributed by atoms with Gasteiger partial charge in [0, 0.05) is 31.4 Å². The standard InChI is InChI=1S/C16H22N6O/c1-12-8-14(22-16(19-12)17-11-18-22)20-6-7-21(15(23)10-20)9-13-4-2-3-5-13/h8,11,13H,2-7,9-10H2,1H3. The Morgan fingerprint density at radius 1 is 1.26 bits per heavy atom. The van der Waals surface area contributed by atoms with E-state index >= 15 is 0 Å². The predicted molar refractivity (Wildman–Crippen MR) is 86.3 cm³/mol. The number of anilines is 1. The Kier molecular flexibility index (Phi) is 3.63. The third kappa shape index (κ3) is 2.75. The van der Waals surface area contributed by atoms with Crippen LogP contribution in [0.1, 0.15) is 31.4 Å². The fraction of sp³-hybridized carbons (Fsp3) is 0.625. The molecule has 1 amide bonds. The quantitative estimate of drug-likeness (QED) is 0.853. The van der Waals surface area contributed by atoms with Crippen molar-refractivity contribution < 1.29 is 4.79 Å². The SMILES string of the molecule is Cc1cc(N2CCN(CC3CCCC3)C(=O)C2)n2ncnc2n1. The van der Waals surface area contributed by atoms with E-state index in [2.05, 4.69) is 20.0 Å². The lowest BCUT2D eigenvalue weighted by molar-refractivity contribution is -0.131. The molecule has 0 aromatic carbocycles. The van der Waals surface area contributed by atoms with E-state index in [1.807, 2.05) is 17.9 Å². The van der Waals surface area contributed by atoms with E-state index in [-0.39, 0.29) is 5.91 Å². The number of rotatable bonds is 3. The summed E-state index contributed by atoms with van der Waals surface area (Å²) in [7, 11) is 0. The molecule has 2 aromatic rings. The van der Waals surface area contributed by atoms with Crippen LogP contribution in [-0.4, -0.2) is 56.6 Å². The van der Waals surface area contributed by atoms with E-state index in [0.29, 0.717) is 18.2 Å². The molecular formula is C16H22N6O. The number of aromatic nitrogens is 4. The van der Waals surface area contributed by atoms with Gasteiger partial charge in [-0.3, -0.25) is 4.79 Å². The van der Waals surface area contributed by atoms with Gasteiger partial charge in [-0.05, 0) is 25.7 Å². The van der Waals surface area contributed by atoms with Crippen LogP contribution in [-0.2, 0) is 4.79 Å². The highest BCUT2D eigenvalue weighted by molar-refractivity contribution is 5.82. The molecule has 0 spiro atoms. The molecule has 1 saturated carbocycles. The highest BCUT2D eigenvalue weighted by Crippen LogP contribution is 2.26. The van der Waals surface area contributed by atoms with Crippen LogP contribution >= 0.6 is 0 Å². The van der Waals surface area contributed by atoms with E-state index in [0.717, 1.165) is 31.1 Å². The van der Waals surface area contributed by atoms with Crippen LogP contribution in [0.25, 0.3) is 5.78 Å². The molecule has 0 radical (unpaired) electrons. The predicted octanol–water partition coefficient (Wildman–Crippen LogP) is 1.27. The van der Waals surface area contributed by atoms with Gasteiger partial charge in [0.1, 0.15) is 12.1 Å². The van der Waals surface area contributed by atoms with E-state index in [4.69, 9.17) is 0 Å². The Hall–Kier alpha value is -2.18. The minimum atomic E-state index is 0.214. The first-order valence-corrected chi connectivity index (χ1v) is 8.41. The van der Waals surface area contributed by atoms with E-state index < -0.39 is 0 Å². The van der Waals surface area contributed by atoms with Gasteiger partial charge in [-0.15, -0.1) is 0 Å². The fourth-order valence-electron chi connectivity index (χ4n) is 3.74. The number of piperazine rings is 1. The minimum Gasteiger partial charge on any atom is -0.345 e. The van der Waals surface area contributed by atoms with Gasteiger partial charge in [-0.1, -0.05) is 12.8 Å². The fourth-order valence-corrected chi connectivity index (χ4v) is 3.74. The third-order valence-electron chi connectivity index (χ3n) is 4.96. The Bertz CT molecular complexity index is 720. The van der Waals surface area contributed by atoms with Crippen LogP contribution in [0, 0.1) is 12.8 Å². The molecule has 4 rings (SSSR count).